The van der Waals surface area contributed by atoms with E-state index < -0.39 is 11.9 Å². The number of carbonyl (C=O) groups excluding carboxylic acids is 2. The van der Waals surface area contributed by atoms with Crippen molar-refractivity contribution in [2.75, 3.05) is 14.2 Å². The lowest BCUT2D eigenvalue weighted by molar-refractivity contribution is 0.0548. The molecule has 0 N–H and O–H groups in total. The Morgan fingerprint density at radius 1 is 0.794 bits per heavy atom. The van der Waals surface area contributed by atoms with Crippen LogP contribution < -0.4 is 0 Å². The summed E-state index contributed by atoms with van der Waals surface area (Å²) in [5, 5.41) is 0. The summed E-state index contributed by atoms with van der Waals surface area (Å²) in [7, 11) is 2.64. The Bertz CT molecular complexity index is 1400. The molecule has 5 nitrogen and oxygen atoms in total. The van der Waals surface area contributed by atoms with Crippen LogP contribution in [0.3, 0.4) is 0 Å². The van der Waals surface area contributed by atoms with Crippen LogP contribution in [0.15, 0.2) is 79.0 Å². The van der Waals surface area contributed by atoms with Gasteiger partial charge in [-0.1, -0.05) is 73.7 Å². The van der Waals surface area contributed by atoms with Crippen molar-refractivity contribution in [1.29, 1.82) is 0 Å². The van der Waals surface area contributed by atoms with Gasteiger partial charge in [0.1, 0.15) is 11.3 Å². The lowest BCUT2D eigenvalue weighted by atomic mass is 9.95. The third kappa shape index (κ3) is 3.50. The summed E-state index contributed by atoms with van der Waals surface area (Å²) in [5.41, 5.74) is 7.77. The van der Waals surface area contributed by atoms with Gasteiger partial charge < -0.3 is 14.0 Å². The van der Waals surface area contributed by atoms with Gasteiger partial charge in [-0.2, -0.15) is 0 Å². The number of benzene rings is 3. The first-order valence-corrected chi connectivity index (χ1v) is 11.2. The van der Waals surface area contributed by atoms with Crippen molar-refractivity contribution in [2.45, 2.75) is 19.4 Å². The molecule has 0 aliphatic heterocycles. The number of carbonyl (C=O) groups is 2. The average Bonchev–Trinajstić information content (AvgIpc) is 3.39. The molecule has 0 fully saturated rings. The van der Waals surface area contributed by atoms with Gasteiger partial charge in [0.15, 0.2) is 0 Å². The smallest absolute Gasteiger partial charge is 0.355 e. The van der Waals surface area contributed by atoms with Gasteiger partial charge in [-0.3, -0.25) is 0 Å². The zero-order valence-corrected chi connectivity index (χ0v) is 19.4. The molecule has 34 heavy (non-hydrogen) atoms. The molecule has 0 spiro atoms. The molecule has 0 amide bonds. The number of esters is 2. The third-order valence-electron chi connectivity index (χ3n) is 6.59. The van der Waals surface area contributed by atoms with Gasteiger partial charge in [-0.15, -0.1) is 0 Å². The molecule has 0 radical (unpaired) electrons. The third-order valence-corrected chi connectivity index (χ3v) is 6.59. The first-order valence-electron chi connectivity index (χ1n) is 11.2. The number of ether oxygens (including phenoxy) is 2. The molecule has 1 aliphatic rings. The quantitative estimate of drug-likeness (QED) is 0.354. The summed E-state index contributed by atoms with van der Waals surface area (Å²) >= 11 is 0. The Hall–Kier alpha value is -4.12. The highest BCUT2D eigenvalue weighted by molar-refractivity contribution is 6.07. The average molecular weight is 452 g/mol. The lowest BCUT2D eigenvalue weighted by Gasteiger charge is -2.10. The van der Waals surface area contributed by atoms with Crippen LogP contribution >= 0.6 is 0 Å². The number of fused-ring (bicyclic) bond motifs is 3. The fourth-order valence-corrected chi connectivity index (χ4v) is 4.93. The zero-order valence-electron chi connectivity index (χ0n) is 19.4. The molecule has 0 saturated heterocycles. The number of rotatable bonds is 5. The summed E-state index contributed by atoms with van der Waals surface area (Å²) in [6, 6.07) is 24.4. The van der Waals surface area contributed by atoms with E-state index in [0.29, 0.717) is 18.0 Å². The fourth-order valence-electron chi connectivity index (χ4n) is 4.93. The molecule has 1 unspecified atom stereocenters. The largest absolute Gasteiger partial charge is 0.465 e. The first-order chi connectivity index (χ1) is 16.5. The summed E-state index contributed by atoms with van der Waals surface area (Å²) in [6.45, 7) is 2.62. The van der Waals surface area contributed by atoms with E-state index in [4.69, 9.17) is 9.47 Å². The van der Waals surface area contributed by atoms with Crippen LogP contribution in [0.4, 0.5) is 0 Å². The number of hydrogen-bond donors (Lipinski definition) is 0. The topological polar surface area (TPSA) is 57.5 Å². The molecule has 1 aliphatic carbocycles. The second kappa shape index (κ2) is 8.67. The summed E-state index contributed by atoms with van der Waals surface area (Å²) < 4.78 is 11.9. The van der Waals surface area contributed by atoms with Crippen LogP contribution in [-0.4, -0.2) is 30.7 Å². The van der Waals surface area contributed by atoms with Gasteiger partial charge in [0, 0.05) is 24.2 Å². The van der Waals surface area contributed by atoms with E-state index in [9.17, 15) is 9.59 Å². The van der Waals surface area contributed by atoms with Crippen molar-refractivity contribution in [3.8, 4) is 22.3 Å². The van der Waals surface area contributed by atoms with Crippen LogP contribution in [0.25, 0.3) is 22.3 Å². The predicted octanol–water partition coefficient (Wildman–Crippen LogP) is 5.91. The van der Waals surface area contributed by atoms with Crippen molar-refractivity contribution in [1.82, 2.24) is 4.57 Å². The Morgan fingerprint density at radius 3 is 2.21 bits per heavy atom. The first kappa shape index (κ1) is 21.7. The molecule has 4 aromatic rings. The van der Waals surface area contributed by atoms with E-state index in [2.05, 4.69) is 37.3 Å². The summed E-state index contributed by atoms with van der Waals surface area (Å²) in [4.78, 5) is 25.8. The van der Waals surface area contributed by atoms with E-state index in [1.165, 1.54) is 30.9 Å². The highest BCUT2D eigenvalue weighted by atomic mass is 16.5. The molecule has 1 aromatic heterocycles. The SMILES string of the molecule is COC(=O)c1c(-c2ccc3c(c2)-c2ccccc2C3C)cn(Cc2ccccc2)c1C(=O)OC. The molecular formula is C29H25NO4. The van der Waals surface area contributed by atoms with Gasteiger partial charge in [0.05, 0.1) is 14.2 Å². The highest BCUT2D eigenvalue weighted by Crippen LogP contribution is 2.46. The molecule has 1 atom stereocenters. The number of aromatic nitrogens is 1. The van der Waals surface area contributed by atoms with Crippen LogP contribution in [0.2, 0.25) is 0 Å². The van der Waals surface area contributed by atoms with Gasteiger partial charge in [0.2, 0.25) is 0 Å². The maximum absolute atomic E-state index is 13.0. The minimum absolute atomic E-state index is 0.183. The van der Waals surface area contributed by atoms with Crippen molar-refractivity contribution >= 4 is 11.9 Å². The zero-order chi connectivity index (χ0) is 23.8. The van der Waals surface area contributed by atoms with E-state index in [1.54, 1.807) is 4.57 Å². The van der Waals surface area contributed by atoms with Crippen LogP contribution in [0.5, 0.6) is 0 Å². The Labute approximate surface area is 198 Å². The molecule has 170 valence electrons. The lowest BCUT2D eigenvalue weighted by Crippen LogP contribution is -2.16. The molecular weight excluding hydrogens is 426 g/mol. The predicted molar refractivity (Wildman–Crippen MR) is 131 cm³/mol. The summed E-state index contributed by atoms with van der Waals surface area (Å²) in [6.07, 6.45) is 1.84. The monoisotopic (exact) mass is 451 g/mol. The molecule has 5 heteroatoms. The van der Waals surface area contributed by atoms with Gasteiger partial charge >= 0.3 is 11.9 Å². The Morgan fingerprint density at radius 2 is 1.47 bits per heavy atom. The Kier molecular flexibility index (Phi) is 5.54. The van der Waals surface area contributed by atoms with Gasteiger partial charge in [-0.05, 0) is 39.4 Å². The second-order valence-corrected chi connectivity index (χ2v) is 8.47. The van der Waals surface area contributed by atoms with E-state index >= 15 is 0 Å². The van der Waals surface area contributed by atoms with Crippen molar-refractivity contribution in [2.24, 2.45) is 0 Å². The molecule has 3 aromatic carbocycles. The number of hydrogen-bond acceptors (Lipinski definition) is 4. The van der Waals surface area contributed by atoms with E-state index in [0.717, 1.165) is 16.7 Å². The van der Waals surface area contributed by atoms with Gasteiger partial charge in [0.25, 0.3) is 0 Å². The maximum atomic E-state index is 13.0. The van der Waals surface area contributed by atoms with Gasteiger partial charge in [-0.25, -0.2) is 9.59 Å². The Balaban J connectivity index is 1.71. The second-order valence-electron chi connectivity index (χ2n) is 8.47. The van der Waals surface area contributed by atoms with E-state index in [-0.39, 0.29) is 11.3 Å². The van der Waals surface area contributed by atoms with Crippen LogP contribution in [0, 0.1) is 0 Å². The van der Waals surface area contributed by atoms with E-state index in [1.807, 2.05) is 48.7 Å². The normalized spacial score (nSPS) is 13.8. The maximum Gasteiger partial charge on any atom is 0.355 e. The summed E-state index contributed by atoms with van der Waals surface area (Å²) in [5.74, 6) is -0.854. The molecule has 0 bridgehead atoms. The van der Waals surface area contributed by atoms with Crippen LogP contribution in [-0.2, 0) is 16.0 Å². The highest BCUT2D eigenvalue weighted by Gasteiger charge is 2.30. The molecule has 5 rings (SSSR count). The fraction of sp³-hybridized carbons (Fsp3) is 0.172. The minimum Gasteiger partial charge on any atom is -0.465 e. The van der Waals surface area contributed by atoms with Crippen molar-refractivity contribution < 1.29 is 19.1 Å². The standard InChI is InChI=1S/C29H25NO4/c1-18-21-11-7-8-12-23(21)24-15-20(13-14-22(18)24)25-17-30(16-19-9-5-4-6-10-19)27(29(32)34-3)26(25)28(31)33-2/h4-15,17-18H,16H2,1-3H3. The van der Waals surface area contributed by atoms with Crippen molar-refractivity contribution in [3.05, 3.63) is 107 Å². The molecule has 1 heterocycles. The van der Waals surface area contributed by atoms with Crippen molar-refractivity contribution in [3.63, 3.8) is 0 Å². The molecule has 0 saturated carbocycles. The number of methoxy groups -OCH3 is 2. The van der Waals surface area contributed by atoms with Crippen LogP contribution in [0.1, 0.15) is 50.4 Å². The minimum atomic E-state index is -0.581. The number of nitrogens with zero attached hydrogens (tertiary/aromatic N) is 1.